The molecule has 0 atom stereocenters. The molecule has 81 valence electrons. The van der Waals surface area contributed by atoms with Crippen LogP contribution in [0.3, 0.4) is 0 Å². The fourth-order valence-corrected chi connectivity index (χ4v) is 1.72. The van der Waals surface area contributed by atoms with Crippen LogP contribution in [-0.2, 0) is 4.74 Å². The predicted molar refractivity (Wildman–Crippen MR) is 62.6 cm³/mol. The molecule has 3 heteroatoms. The summed E-state index contributed by atoms with van der Waals surface area (Å²) in [4.78, 5) is 4.42. The molecule has 0 saturated carbocycles. The average molecular weight is 205 g/mol. The molecule has 0 bridgehead atoms. The van der Waals surface area contributed by atoms with E-state index in [2.05, 4.69) is 28.0 Å². The van der Waals surface area contributed by atoms with E-state index in [1.165, 1.54) is 5.69 Å². The molecule has 0 spiro atoms. The smallest absolute Gasteiger partial charge is 0.0642 e. The van der Waals surface area contributed by atoms with Crippen molar-refractivity contribution in [2.45, 2.75) is 0 Å². The third-order valence-corrected chi connectivity index (χ3v) is 2.63. The lowest BCUT2D eigenvalue weighted by Gasteiger charge is -2.29. The molecule has 0 unspecified atom stereocenters. The van der Waals surface area contributed by atoms with Crippen molar-refractivity contribution in [3.63, 3.8) is 0 Å². The summed E-state index contributed by atoms with van der Waals surface area (Å²) in [6.07, 6.45) is 0. The van der Waals surface area contributed by atoms with Crippen LogP contribution in [0.4, 0.5) is 11.4 Å². The average Bonchev–Trinajstić information content (AvgIpc) is 2.30. The van der Waals surface area contributed by atoms with Crippen LogP contribution in [-0.4, -0.2) is 40.4 Å². The first kappa shape index (κ1) is 10.3. The normalized spacial score (nSPS) is 16.5. The molecule has 0 aliphatic carbocycles. The van der Waals surface area contributed by atoms with Gasteiger partial charge in [0, 0.05) is 44.6 Å². The van der Waals surface area contributed by atoms with E-state index >= 15 is 0 Å². The van der Waals surface area contributed by atoms with Crippen molar-refractivity contribution in [2.24, 2.45) is 0 Å². The highest BCUT2D eigenvalue weighted by Gasteiger charge is 2.11. The van der Waals surface area contributed by atoms with Crippen LogP contribution in [0.5, 0.6) is 0 Å². The lowest BCUT2D eigenvalue weighted by atomic mass is 10.2. The molecule has 1 aliphatic rings. The van der Waals surface area contributed by atoms with Gasteiger partial charge in [-0.15, -0.1) is 0 Å². The number of anilines is 2. The molecule has 3 nitrogen and oxygen atoms in total. The second kappa shape index (κ2) is 4.53. The Hall–Kier alpha value is -1.22. The van der Waals surface area contributed by atoms with Crippen molar-refractivity contribution >= 4 is 11.4 Å². The number of ether oxygens (including phenoxy) is 1. The van der Waals surface area contributed by atoms with Gasteiger partial charge in [-0.2, -0.15) is 0 Å². The molecular formula is C12H17N2O. The minimum Gasteiger partial charge on any atom is -0.378 e. The molecule has 15 heavy (non-hydrogen) atoms. The van der Waals surface area contributed by atoms with E-state index in [0.717, 1.165) is 32.0 Å². The zero-order valence-corrected chi connectivity index (χ0v) is 9.36. The van der Waals surface area contributed by atoms with E-state index in [9.17, 15) is 0 Å². The second-order valence-electron chi connectivity index (χ2n) is 3.93. The minimum absolute atomic E-state index is 0.829. The van der Waals surface area contributed by atoms with Gasteiger partial charge in [0.15, 0.2) is 0 Å². The number of hydrogen-bond acceptors (Lipinski definition) is 3. The Balaban J connectivity index is 2.16. The summed E-state index contributed by atoms with van der Waals surface area (Å²) in [7, 11) is 4.07. The largest absolute Gasteiger partial charge is 0.378 e. The third kappa shape index (κ3) is 2.42. The Bertz CT molecular complexity index is 319. The van der Waals surface area contributed by atoms with Crippen molar-refractivity contribution in [1.82, 2.24) is 0 Å². The first-order valence-electron chi connectivity index (χ1n) is 5.29. The molecule has 1 aliphatic heterocycles. The molecule has 0 aromatic heterocycles. The fraction of sp³-hybridized carbons (Fsp3) is 0.500. The van der Waals surface area contributed by atoms with Gasteiger partial charge in [0.2, 0.25) is 0 Å². The molecule has 0 N–H and O–H groups in total. The topological polar surface area (TPSA) is 15.7 Å². The summed E-state index contributed by atoms with van der Waals surface area (Å²) >= 11 is 0. The Morgan fingerprint density at radius 2 is 2.07 bits per heavy atom. The molecule has 1 radical (unpaired) electrons. The summed E-state index contributed by atoms with van der Waals surface area (Å²) < 4.78 is 5.34. The minimum atomic E-state index is 0.829. The van der Waals surface area contributed by atoms with Crippen molar-refractivity contribution in [3.8, 4) is 0 Å². The molecule has 1 fully saturated rings. The third-order valence-electron chi connectivity index (χ3n) is 2.63. The van der Waals surface area contributed by atoms with Crippen molar-refractivity contribution in [3.05, 3.63) is 24.3 Å². The van der Waals surface area contributed by atoms with Crippen LogP contribution in [0.1, 0.15) is 0 Å². The summed E-state index contributed by atoms with van der Waals surface area (Å²) in [6.45, 7) is 3.62. The van der Waals surface area contributed by atoms with E-state index in [-0.39, 0.29) is 0 Å². The van der Waals surface area contributed by atoms with Gasteiger partial charge in [-0.25, -0.2) is 0 Å². The molecule has 1 heterocycles. The number of hydrogen-bond donors (Lipinski definition) is 0. The monoisotopic (exact) mass is 205 g/mol. The zero-order chi connectivity index (χ0) is 10.7. The van der Waals surface area contributed by atoms with E-state index in [4.69, 9.17) is 4.74 Å². The highest BCUT2D eigenvalue weighted by atomic mass is 16.5. The van der Waals surface area contributed by atoms with Gasteiger partial charge in [-0.3, -0.25) is 0 Å². The number of benzene rings is 1. The highest BCUT2D eigenvalue weighted by molar-refractivity contribution is 5.58. The molecule has 0 amide bonds. The first-order valence-corrected chi connectivity index (χ1v) is 5.29. The van der Waals surface area contributed by atoms with Crippen LogP contribution in [0.15, 0.2) is 18.2 Å². The van der Waals surface area contributed by atoms with E-state index in [1.807, 2.05) is 20.2 Å². The van der Waals surface area contributed by atoms with Crippen molar-refractivity contribution < 1.29 is 4.74 Å². The van der Waals surface area contributed by atoms with Gasteiger partial charge in [0.05, 0.1) is 13.2 Å². The molecule has 2 rings (SSSR count). The maximum Gasteiger partial charge on any atom is 0.0642 e. The second-order valence-corrected chi connectivity index (χ2v) is 3.93. The summed E-state index contributed by atoms with van der Waals surface area (Å²) in [5.41, 5.74) is 2.39. The summed E-state index contributed by atoms with van der Waals surface area (Å²) in [5, 5.41) is 0. The van der Waals surface area contributed by atoms with Gasteiger partial charge < -0.3 is 14.5 Å². The van der Waals surface area contributed by atoms with Crippen molar-refractivity contribution in [2.75, 3.05) is 50.2 Å². The molecule has 1 aromatic carbocycles. The van der Waals surface area contributed by atoms with Gasteiger partial charge in [-0.1, -0.05) is 6.07 Å². The predicted octanol–water partition coefficient (Wildman–Crippen LogP) is 1.39. The maximum absolute atomic E-state index is 5.34. The van der Waals surface area contributed by atoms with Crippen LogP contribution >= 0.6 is 0 Å². The zero-order valence-electron chi connectivity index (χ0n) is 9.36. The highest BCUT2D eigenvalue weighted by Crippen LogP contribution is 2.21. The number of morpholine rings is 1. The van der Waals surface area contributed by atoms with Crippen LogP contribution in [0.25, 0.3) is 0 Å². The van der Waals surface area contributed by atoms with Gasteiger partial charge >= 0.3 is 0 Å². The van der Waals surface area contributed by atoms with Gasteiger partial charge in [-0.05, 0) is 12.1 Å². The van der Waals surface area contributed by atoms with Crippen LogP contribution < -0.4 is 9.80 Å². The molecular weight excluding hydrogens is 188 g/mol. The van der Waals surface area contributed by atoms with Crippen LogP contribution in [0.2, 0.25) is 0 Å². The lowest BCUT2D eigenvalue weighted by Crippen LogP contribution is -2.36. The first-order chi connectivity index (χ1) is 7.27. The lowest BCUT2D eigenvalue weighted by molar-refractivity contribution is 0.122. The standard InChI is InChI=1S/C12H17N2O/c1-13(2)11-4-3-5-12(10-11)14-6-8-15-9-7-14/h3,5,10H,6-9H2,1-2H3. The van der Waals surface area contributed by atoms with Crippen molar-refractivity contribution in [1.29, 1.82) is 0 Å². The Labute approximate surface area is 91.2 Å². The Morgan fingerprint density at radius 3 is 2.73 bits per heavy atom. The van der Waals surface area contributed by atoms with E-state index in [1.54, 1.807) is 0 Å². The van der Waals surface area contributed by atoms with Gasteiger partial charge in [0.25, 0.3) is 0 Å². The SMILES string of the molecule is CN(C)c1[c]ccc(N2CCOCC2)c1. The Morgan fingerprint density at radius 1 is 1.33 bits per heavy atom. The van der Waals surface area contributed by atoms with Gasteiger partial charge in [0.1, 0.15) is 0 Å². The maximum atomic E-state index is 5.34. The van der Waals surface area contributed by atoms with Crippen LogP contribution in [0, 0.1) is 6.07 Å². The number of nitrogens with zero attached hydrogens (tertiary/aromatic N) is 2. The fourth-order valence-electron chi connectivity index (χ4n) is 1.72. The number of rotatable bonds is 2. The quantitative estimate of drug-likeness (QED) is 0.725. The summed E-state index contributed by atoms with van der Waals surface area (Å²) in [5.74, 6) is 0. The van der Waals surface area contributed by atoms with E-state index in [0.29, 0.717) is 0 Å². The summed E-state index contributed by atoms with van der Waals surface area (Å²) in [6, 6.07) is 9.48. The molecule has 1 aromatic rings. The van der Waals surface area contributed by atoms with E-state index < -0.39 is 0 Å². The Kier molecular flexibility index (Phi) is 3.11. The molecule has 1 saturated heterocycles.